The third-order valence-corrected chi connectivity index (χ3v) is 2.82. The van der Waals surface area contributed by atoms with Gasteiger partial charge in [-0.25, -0.2) is 0 Å². The third kappa shape index (κ3) is 2.55. The molecule has 0 aliphatic carbocycles. The topological polar surface area (TPSA) is 62.6 Å². The zero-order valence-electron chi connectivity index (χ0n) is 9.81. The van der Waals surface area contributed by atoms with Crippen molar-refractivity contribution in [3.8, 4) is 0 Å². The molecular formula is C12H16N2O3. The Hall–Kier alpha value is -1.62. The van der Waals surface area contributed by atoms with E-state index in [2.05, 4.69) is 5.32 Å². The first-order chi connectivity index (χ1) is 8.22. The Morgan fingerprint density at radius 2 is 2.35 bits per heavy atom. The lowest BCUT2D eigenvalue weighted by molar-refractivity contribution is -0.138. The van der Waals surface area contributed by atoms with E-state index in [1.165, 1.54) is 4.90 Å². The number of carbonyl (C=O) groups excluding carboxylic acids is 2. The quantitative estimate of drug-likeness (QED) is 0.772. The van der Waals surface area contributed by atoms with Gasteiger partial charge in [-0.2, -0.15) is 0 Å². The highest BCUT2D eigenvalue weighted by Gasteiger charge is 2.37. The Morgan fingerprint density at radius 1 is 1.53 bits per heavy atom. The summed E-state index contributed by atoms with van der Waals surface area (Å²) < 4.78 is 4.94. The van der Waals surface area contributed by atoms with E-state index in [1.807, 2.05) is 13.0 Å². The Labute approximate surface area is 99.8 Å². The van der Waals surface area contributed by atoms with Crippen LogP contribution in [-0.2, 0) is 16.1 Å². The zero-order chi connectivity index (χ0) is 12.3. The number of hydrogen-bond acceptors (Lipinski definition) is 4. The average molecular weight is 236 g/mol. The number of nitrogens with one attached hydrogen (secondary N) is 1. The normalized spacial score (nSPS) is 20.3. The number of nitrogens with zero attached hydrogens (tertiary/aromatic N) is 1. The summed E-state index contributed by atoms with van der Waals surface area (Å²) in [5.74, 6) is -0.193. The largest absolute Gasteiger partial charge is 0.472 e. The molecule has 1 aliphatic rings. The van der Waals surface area contributed by atoms with Crippen LogP contribution in [0.3, 0.4) is 0 Å². The van der Waals surface area contributed by atoms with Crippen molar-refractivity contribution >= 4 is 11.8 Å². The Morgan fingerprint density at radius 3 is 3.00 bits per heavy atom. The number of furan rings is 1. The summed E-state index contributed by atoms with van der Waals surface area (Å²) >= 11 is 0. The Kier molecular flexibility index (Phi) is 3.58. The maximum atomic E-state index is 11.9. The van der Waals surface area contributed by atoms with E-state index in [4.69, 9.17) is 4.42 Å². The van der Waals surface area contributed by atoms with E-state index in [0.29, 0.717) is 13.1 Å². The second-order valence-corrected chi connectivity index (χ2v) is 4.15. The number of rotatable bonds is 5. The fourth-order valence-electron chi connectivity index (χ4n) is 1.94. The molecule has 1 aromatic rings. The lowest BCUT2D eigenvalue weighted by Crippen LogP contribution is -2.38. The van der Waals surface area contributed by atoms with Gasteiger partial charge in [0, 0.05) is 18.7 Å². The van der Waals surface area contributed by atoms with E-state index in [0.717, 1.165) is 12.0 Å². The first-order valence-corrected chi connectivity index (χ1v) is 5.81. The van der Waals surface area contributed by atoms with Gasteiger partial charge in [0.25, 0.3) is 0 Å². The number of likely N-dealkylation sites (tertiary alicyclic amines) is 1. The average Bonchev–Trinajstić information content (AvgIpc) is 2.90. The summed E-state index contributed by atoms with van der Waals surface area (Å²) in [7, 11) is 0. The Balaban J connectivity index is 1.90. The highest BCUT2D eigenvalue weighted by atomic mass is 16.3. The summed E-state index contributed by atoms with van der Waals surface area (Å²) in [4.78, 5) is 24.8. The van der Waals surface area contributed by atoms with Gasteiger partial charge in [-0.1, -0.05) is 6.92 Å². The standard InChI is InChI=1S/C12H16N2O3/c1-2-4-14-11(15)6-10(12(14)16)13-7-9-3-5-17-8-9/h3,5,8,10,13H,2,4,6-7H2,1H3. The second-order valence-electron chi connectivity index (χ2n) is 4.15. The van der Waals surface area contributed by atoms with Crippen LogP contribution in [0.4, 0.5) is 0 Å². The van der Waals surface area contributed by atoms with E-state index >= 15 is 0 Å². The number of amides is 2. The summed E-state index contributed by atoms with van der Waals surface area (Å²) in [6, 6.07) is 1.45. The van der Waals surface area contributed by atoms with Crippen molar-refractivity contribution in [2.45, 2.75) is 32.4 Å². The van der Waals surface area contributed by atoms with Crippen LogP contribution in [0, 0.1) is 0 Å². The molecule has 1 fully saturated rings. The van der Waals surface area contributed by atoms with Crippen LogP contribution in [0.15, 0.2) is 23.0 Å². The molecule has 2 heterocycles. The van der Waals surface area contributed by atoms with Gasteiger partial charge in [0.05, 0.1) is 25.0 Å². The molecule has 1 aliphatic heterocycles. The van der Waals surface area contributed by atoms with E-state index < -0.39 is 0 Å². The molecule has 92 valence electrons. The molecule has 5 nitrogen and oxygen atoms in total. The molecule has 2 amide bonds. The molecule has 0 aromatic carbocycles. The van der Waals surface area contributed by atoms with Crippen LogP contribution < -0.4 is 5.32 Å². The lowest BCUT2D eigenvalue weighted by atomic mass is 10.2. The molecule has 17 heavy (non-hydrogen) atoms. The van der Waals surface area contributed by atoms with Crippen LogP contribution in [-0.4, -0.2) is 29.3 Å². The fourth-order valence-corrected chi connectivity index (χ4v) is 1.94. The predicted octanol–water partition coefficient (Wildman–Crippen LogP) is 0.907. The highest BCUT2D eigenvalue weighted by molar-refractivity contribution is 6.05. The fraction of sp³-hybridized carbons (Fsp3) is 0.500. The maximum Gasteiger partial charge on any atom is 0.246 e. The molecule has 0 spiro atoms. The Bertz CT molecular complexity index is 400. The van der Waals surface area contributed by atoms with Crippen LogP contribution in [0.1, 0.15) is 25.3 Å². The van der Waals surface area contributed by atoms with Crippen molar-refractivity contribution in [3.05, 3.63) is 24.2 Å². The smallest absolute Gasteiger partial charge is 0.246 e. The first kappa shape index (κ1) is 11.9. The molecule has 1 atom stereocenters. The lowest BCUT2D eigenvalue weighted by Gasteiger charge is -2.13. The number of imide groups is 1. The molecule has 5 heteroatoms. The number of hydrogen-bond donors (Lipinski definition) is 1. The van der Waals surface area contributed by atoms with Crippen LogP contribution >= 0.6 is 0 Å². The van der Waals surface area contributed by atoms with Crippen molar-refractivity contribution in [1.29, 1.82) is 0 Å². The van der Waals surface area contributed by atoms with E-state index in [-0.39, 0.29) is 24.3 Å². The SMILES string of the molecule is CCCN1C(=O)CC(NCc2ccoc2)C1=O. The minimum Gasteiger partial charge on any atom is -0.472 e. The molecule has 1 aromatic heterocycles. The number of carbonyl (C=O) groups is 2. The van der Waals surface area contributed by atoms with Crippen molar-refractivity contribution in [3.63, 3.8) is 0 Å². The summed E-state index contributed by atoms with van der Waals surface area (Å²) in [6.07, 6.45) is 4.27. The van der Waals surface area contributed by atoms with Gasteiger partial charge in [-0.15, -0.1) is 0 Å². The molecule has 1 unspecified atom stereocenters. The van der Waals surface area contributed by atoms with Crippen LogP contribution in [0.5, 0.6) is 0 Å². The van der Waals surface area contributed by atoms with Crippen molar-refractivity contribution in [1.82, 2.24) is 10.2 Å². The monoisotopic (exact) mass is 236 g/mol. The minimum absolute atomic E-state index is 0.0819. The molecule has 0 saturated carbocycles. The maximum absolute atomic E-state index is 11.9. The highest BCUT2D eigenvalue weighted by Crippen LogP contribution is 2.14. The van der Waals surface area contributed by atoms with Crippen molar-refractivity contribution in [2.75, 3.05) is 6.54 Å². The predicted molar refractivity (Wildman–Crippen MR) is 61.0 cm³/mol. The molecule has 1 N–H and O–H groups in total. The van der Waals surface area contributed by atoms with E-state index in [9.17, 15) is 9.59 Å². The minimum atomic E-state index is -0.385. The zero-order valence-corrected chi connectivity index (χ0v) is 9.81. The van der Waals surface area contributed by atoms with Gasteiger partial charge < -0.3 is 9.73 Å². The third-order valence-electron chi connectivity index (χ3n) is 2.82. The molecule has 0 bridgehead atoms. The van der Waals surface area contributed by atoms with Crippen LogP contribution in [0.25, 0.3) is 0 Å². The second kappa shape index (κ2) is 5.14. The summed E-state index contributed by atoms with van der Waals surface area (Å²) in [6.45, 7) is 3.01. The van der Waals surface area contributed by atoms with Crippen molar-refractivity contribution in [2.24, 2.45) is 0 Å². The van der Waals surface area contributed by atoms with E-state index in [1.54, 1.807) is 12.5 Å². The van der Waals surface area contributed by atoms with Crippen molar-refractivity contribution < 1.29 is 14.0 Å². The van der Waals surface area contributed by atoms with Crippen LogP contribution in [0.2, 0.25) is 0 Å². The van der Waals surface area contributed by atoms with Gasteiger partial charge in [0.15, 0.2) is 0 Å². The van der Waals surface area contributed by atoms with Gasteiger partial charge in [-0.3, -0.25) is 14.5 Å². The molecule has 2 rings (SSSR count). The van der Waals surface area contributed by atoms with Gasteiger partial charge in [0.2, 0.25) is 11.8 Å². The molecule has 1 saturated heterocycles. The summed E-state index contributed by atoms with van der Waals surface area (Å²) in [5, 5.41) is 3.08. The van der Waals surface area contributed by atoms with Gasteiger partial charge in [-0.05, 0) is 12.5 Å². The first-order valence-electron chi connectivity index (χ1n) is 5.81. The molecule has 0 radical (unpaired) electrons. The van der Waals surface area contributed by atoms with Gasteiger partial charge >= 0.3 is 0 Å². The molecular weight excluding hydrogens is 220 g/mol. The van der Waals surface area contributed by atoms with Gasteiger partial charge in [0.1, 0.15) is 0 Å². The summed E-state index contributed by atoms with van der Waals surface area (Å²) in [5.41, 5.74) is 0.971.